The van der Waals surface area contributed by atoms with Crippen molar-refractivity contribution in [2.75, 3.05) is 46.9 Å². The molecule has 1 fully saturated rings. The average molecular weight is 468 g/mol. The fraction of sp³-hybridized carbons (Fsp3) is 0.538. The van der Waals surface area contributed by atoms with E-state index in [1.807, 2.05) is 24.4 Å². The summed E-state index contributed by atoms with van der Waals surface area (Å²) in [5.41, 5.74) is 3.05. The predicted molar refractivity (Wildman–Crippen MR) is 135 cm³/mol. The second-order valence-electron chi connectivity index (χ2n) is 10.1. The minimum Gasteiger partial charge on any atom is -0.453 e. The molecule has 3 heterocycles. The molecular weight excluding hydrogens is 430 g/mol. The zero-order valence-corrected chi connectivity index (χ0v) is 20.9. The summed E-state index contributed by atoms with van der Waals surface area (Å²) in [7, 11) is 3.88. The maximum Gasteiger partial charge on any atom is 0.342 e. The molecule has 8 nitrogen and oxygen atoms in total. The highest BCUT2D eigenvalue weighted by Crippen LogP contribution is 2.41. The Morgan fingerprint density at radius 1 is 1.21 bits per heavy atom. The fourth-order valence-corrected chi connectivity index (χ4v) is 5.20. The van der Waals surface area contributed by atoms with Gasteiger partial charge < -0.3 is 29.7 Å². The van der Waals surface area contributed by atoms with Crippen LogP contribution < -0.4 is 0 Å². The molecule has 8 heteroatoms. The van der Waals surface area contributed by atoms with Crippen molar-refractivity contribution in [2.45, 2.75) is 45.1 Å². The number of nitrogens with one attached hydrogen (secondary N) is 2. The molecule has 1 saturated heterocycles. The van der Waals surface area contributed by atoms with Crippen molar-refractivity contribution in [1.29, 1.82) is 5.41 Å². The van der Waals surface area contributed by atoms with Crippen molar-refractivity contribution in [3.8, 4) is 0 Å². The minimum absolute atomic E-state index is 0.278. The van der Waals surface area contributed by atoms with Crippen molar-refractivity contribution >= 4 is 28.7 Å². The molecule has 1 unspecified atom stereocenters. The number of hydrogen-bond acceptors (Lipinski definition) is 7. The molecule has 0 amide bonds. The summed E-state index contributed by atoms with van der Waals surface area (Å²) in [5, 5.41) is 8.60. The van der Waals surface area contributed by atoms with E-state index in [0.717, 1.165) is 61.0 Å². The first-order chi connectivity index (χ1) is 16.2. The van der Waals surface area contributed by atoms with E-state index < -0.39 is 12.1 Å². The molecule has 4 rings (SSSR count). The molecule has 184 valence electrons. The summed E-state index contributed by atoms with van der Waals surface area (Å²) in [6, 6.07) is 8.16. The highest BCUT2D eigenvalue weighted by Gasteiger charge is 2.39. The van der Waals surface area contributed by atoms with Crippen LogP contribution in [0, 0.1) is 5.41 Å². The van der Waals surface area contributed by atoms with Gasteiger partial charge in [-0.15, -0.1) is 0 Å². The zero-order chi connectivity index (χ0) is 24.5. The maximum absolute atomic E-state index is 13.4. The quantitative estimate of drug-likeness (QED) is 0.501. The normalized spacial score (nSPS) is 21.2. The Hall–Kier alpha value is -2.68. The molecule has 2 atom stereocenters. The Morgan fingerprint density at radius 2 is 1.97 bits per heavy atom. The number of para-hydroxylation sites is 1. The summed E-state index contributed by atoms with van der Waals surface area (Å²) < 4.78 is 11.7. The highest BCUT2D eigenvalue weighted by molar-refractivity contribution is 6.18. The zero-order valence-electron chi connectivity index (χ0n) is 20.9. The van der Waals surface area contributed by atoms with E-state index in [2.05, 4.69) is 46.6 Å². The molecule has 1 aromatic carbocycles. The minimum atomic E-state index is -0.606. The summed E-state index contributed by atoms with van der Waals surface area (Å²) in [4.78, 5) is 23.7. The van der Waals surface area contributed by atoms with Crippen LogP contribution >= 0.6 is 0 Å². The van der Waals surface area contributed by atoms with E-state index in [1.165, 1.54) is 0 Å². The Kier molecular flexibility index (Phi) is 7.12. The van der Waals surface area contributed by atoms with Crippen LogP contribution in [-0.4, -0.2) is 91.2 Å². The van der Waals surface area contributed by atoms with Gasteiger partial charge in [-0.3, -0.25) is 4.90 Å². The average Bonchev–Trinajstić information content (AvgIpc) is 3.01. The number of carbonyl (C=O) groups is 1. The van der Waals surface area contributed by atoms with E-state index in [-0.39, 0.29) is 11.8 Å². The summed E-state index contributed by atoms with van der Waals surface area (Å²) in [6.45, 7) is 10.6. The smallest absolute Gasteiger partial charge is 0.342 e. The lowest BCUT2D eigenvalue weighted by molar-refractivity contribution is -0.138. The van der Waals surface area contributed by atoms with Gasteiger partial charge in [-0.1, -0.05) is 32.0 Å². The van der Waals surface area contributed by atoms with Crippen LogP contribution in [0.25, 0.3) is 16.5 Å². The van der Waals surface area contributed by atoms with Crippen LogP contribution in [0.4, 0.5) is 0 Å². The van der Waals surface area contributed by atoms with Crippen LogP contribution in [-0.2, 0) is 19.7 Å². The first-order valence-electron chi connectivity index (χ1n) is 12.0. The number of methoxy groups -OCH3 is 1. The first kappa shape index (κ1) is 24.4. The van der Waals surface area contributed by atoms with E-state index in [9.17, 15) is 4.79 Å². The Morgan fingerprint density at radius 3 is 2.71 bits per heavy atom. The molecule has 1 aromatic heterocycles. The van der Waals surface area contributed by atoms with Crippen LogP contribution in [0.3, 0.4) is 0 Å². The van der Waals surface area contributed by atoms with Gasteiger partial charge in [0.2, 0.25) is 0 Å². The van der Waals surface area contributed by atoms with Gasteiger partial charge in [0.1, 0.15) is 6.10 Å². The lowest BCUT2D eigenvalue weighted by Crippen LogP contribution is -2.51. The Balaban J connectivity index is 1.81. The van der Waals surface area contributed by atoms with Crippen LogP contribution in [0.2, 0.25) is 0 Å². The molecule has 0 spiro atoms. The van der Waals surface area contributed by atoms with Crippen molar-refractivity contribution in [3.63, 3.8) is 0 Å². The molecule has 2 aliphatic rings. The number of nitrogens with zero attached hydrogens (tertiary/aromatic N) is 3. The molecule has 2 aromatic rings. The monoisotopic (exact) mass is 467 g/mol. The number of carbonyl (C=O) groups excluding carboxylic acids is 1. The lowest BCUT2D eigenvalue weighted by atomic mass is 9.82. The molecule has 0 aliphatic carbocycles. The topological polar surface area (TPSA) is 84.9 Å². The number of fused-ring (bicyclic) bond motifs is 3. The maximum atomic E-state index is 13.4. The van der Waals surface area contributed by atoms with E-state index in [1.54, 1.807) is 14.0 Å². The SMILES string of the molecule is COC(N1C=C(C(=O)O[C@@H](C)C=N)c2[nH]c3ccccc3c2C(C)(C)C1)N1CCCN(C)CC1. The first-order valence-corrected chi connectivity index (χ1v) is 12.0. The molecule has 0 saturated carbocycles. The van der Waals surface area contributed by atoms with Crippen molar-refractivity contribution < 1.29 is 14.3 Å². The predicted octanol–water partition coefficient (Wildman–Crippen LogP) is 3.25. The van der Waals surface area contributed by atoms with Gasteiger partial charge >= 0.3 is 5.97 Å². The molecule has 0 radical (unpaired) electrons. The van der Waals surface area contributed by atoms with E-state index in [4.69, 9.17) is 14.9 Å². The third-order valence-electron chi connectivity index (χ3n) is 6.83. The Labute approximate surface area is 202 Å². The van der Waals surface area contributed by atoms with Crippen molar-refractivity contribution in [1.82, 2.24) is 19.7 Å². The number of aromatic nitrogens is 1. The second-order valence-corrected chi connectivity index (χ2v) is 10.1. The summed E-state index contributed by atoms with van der Waals surface area (Å²) in [5.74, 6) is -0.447. The fourth-order valence-electron chi connectivity index (χ4n) is 5.20. The second kappa shape index (κ2) is 9.90. The van der Waals surface area contributed by atoms with Gasteiger partial charge in [0, 0.05) is 62.0 Å². The third-order valence-corrected chi connectivity index (χ3v) is 6.83. The van der Waals surface area contributed by atoms with Gasteiger partial charge in [0.15, 0.2) is 6.35 Å². The molecule has 2 N–H and O–H groups in total. The Bertz CT molecular complexity index is 1080. The van der Waals surface area contributed by atoms with Gasteiger partial charge in [-0.25, -0.2) is 4.79 Å². The number of benzene rings is 1. The van der Waals surface area contributed by atoms with E-state index >= 15 is 0 Å². The lowest BCUT2D eigenvalue weighted by Gasteiger charge is -2.40. The summed E-state index contributed by atoms with van der Waals surface area (Å²) in [6.07, 6.45) is 3.18. The number of H-pyrrole nitrogens is 1. The molecule has 2 aliphatic heterocycles. The number of esters is 1. The molecular formula is C26H37N5O3. The summed E-state index contributed by atoms with van der Waals surface area (Å²) >= 11 is 0. The van der Waals surface area contributed by atoms with Gasteiger partial charge in [0.05, 0.1) is 11.3 Å². The molecule has 34 heavy (non-hydrogen) atoms. The van der Waals surface area contributed by atoms with Gasteiger partial charge in [0.25, 0.3) is 0 Å². The number of aromatic amines is 1. The largest absolute Gasteiger partial charge is 0.453 e. The van der Waals surface area contributed by atoms with Crippen molar-refractivity contribution in [2.24, 2.45) is 0 Å². The molecule has 0 bridgehead atoms. The van der Waals surface area contributed by atoms with E-state index in [0.29, 0.717) is 12.1 Å². The number of likely N-dealkylation sites (N-methyl/N-ethyl adjacent to an activating group) is 1. The third kappa shape index (κ3) is 4.76. The number of rotatable bonds is 6. The highest BCUT2D eigenvalue weighted by atomic mass is 16.5. The van der Waals surface area contributed by atoms with Crippen LogP contribution in [0.5, 0.6) is 0 Å². The number of hydrogen-bond donors (Lipinski definition) is 2. The van der Waals surface area contributed by atoms with Gasteiger partial charge in [-0.05, 0) is 38.6 Å². The van der Waals surface area contributed by atoms with Crippen molar-refractivity contribution in [3.05, 3.63) is 41.7 Å². The number of ether oxygens (including phenoxy) is 2. The van der Waals surface area contributed by atoms with Gasteiger partial charge in [-0.2, -0.15) is 0 Å². The standard InChI is InChI=1S/C26H37N5O3/c1-18(15-27)34-24(32)20-16-31(25(33-5)30-12-8-11-29(4)13-14-30)17-26(2,3)22-19-9-6-7-10-21(19)28-23(20)22/h6-7,9-10,15-16,18,25,27-28H,8,11-14,17H2,1-5H3/t18-,25?/m0/s1. The van der Waals surface area contributed by atoms with Crippen LogP contribution in [0.1, 0.15) is 38.4 Å². The van der Waals surface area contributed by atoms with Crippen LogP contribution in [0.15, 0.2) is 30.5 Å².